The number of rotatable bonds is 1. The summed E-state index contributed by atoms with van der Waals surface area (Å²) in [5.74, 6) is 0. The number of aliphatic imine (C=N–C) groups is 1. The van der Waals surface area contributed by atoms with Crippen LogP contribution < -0.4 is 5.32 Å². The molecule has 18 heavy (non-hydrogen) atoms. The van der Waals surface area contributed by atoms with Gasteiger partial charge in [0, 0.05) is 12.1 Å². The van der Waals surface area contributed by atoms with Crippen molar-refractivity contribution in [3.8, 4) is 0 Å². The monoisotopic (exact) mass is 268 g/mol. The van der Waals surface area contributed by atoms with Crippen molar-refractivity contribution in [1.82, 2.24) is 0 Å². The SMILES string of the molecule is Cc1cccc(NC2=NC(C)(C)CC(C)O2)c1.Cl. The zero-order valence-corrected chi connectivity index (χ0v) is 12.2. The molecule has 100 valence electrons. The van der Waals surface area contributed by atoms with Gasteiger partial charge < -0.3 is 10.1 Å². The molecule has 0 radical (unpaired) electrons. The first-order valence-corrected chi connectivity index (χ1v) is 6.05. The molecule has 0 bridgehead atoms. The second-order valence-electron chi connectivity index (χ2n) is 5.36. The molecule has 0 fully saturated rings. The molecule has 0 amide bonds. The lowest BCUT2D eigenvalue weighted by Gasteiger charge is -2.31. The molecule has 1 heterocycles. The van der Waals surface area contributed by atoms with Gasteiger partial charge in [-0.05, 0) is 45.4 Å². The lowest BCUT2D eigenvalue weighted by atomic mass is 9.97. The number of anilines is 1. The van der Waals surface area contributed by atoms with Gasteiger partial charge in [-0.15, -0.1) is 12.4 Å². The standard InChI is InChI=1S/C14H20N2O.ClH/c1-10-6-5-7-12(8-10)15-13-16-14(3,4)9-11(2)17-13;/h5-8,11H,9H2,1-4H3,(H,15,16);1H. The second-order valence-corrected chi connectivity index (χ2v) is 5.36. The summed E-state index contributed by atoms with van der Waals surface area (Å²) in [4.78, 5) is 4.57. The first-order valence-electron chi connectivity index (χ1n) is 6.05. The van der Waals surface area contributed by atoms with Crippen molar-refractivity contribution in [2.75, 3.05) is 5.32 Å². The first kappa shape index (κ1) is 14.8. The molecule has 1 atom stereocenters. The predicted molar refractivity (Wildman–Crippen MR) is 78.7 cm³/mol. The third-order valence-electron chi connectivity index (χ3n) is 2.77. The molecule has 4 heteroatoms. The van der Waals surface area contributed by atoms with Gasteiger partial charge in [0.15, 0.2) is 0 Å². The van der Waals surface area contributed by atoms with Gasteiger partial charge in [-0.1, -0.05) is 12.1 Å². The predicted octanol–water partition coefficient (Wildman–Crippen LogP) is 3.77. The summed E-state index contributed by atoms with van der Waals surface area (Å²) in [6.45, 7) is 8.41. The fourth-order valence-corrected chi connectivity index (χ4v) is 2.19. The fourth-order valence-electron chi connectivity index (χ4n) is 2.19. The molecule has 0 saturated heterocycles. The normalized spacial score (nSPS) is 21.3. The molecule has 1 aliphatic rings. The van der Waals surface area contributed by atoms with Gasteiger partial charge in [0.2, 0.25) is 0 Å². The van der Waals surface area contributed by atoms with Gasteiger partial charge in [-0.2, -0.15) is 0 Å². The minimum absolute atomic E-state index is 0. The molecule has 3 nitrogen and oxygen atoms in total. The Morgan fingerprint density at radius 2 is 2.11 bits per heavy atom. The van der Waals surface area contributed by atoms with Crippen molar-refractivity contribution < 1.29 is 4.74 Å². The maximum Gasteiger partial charge on any atom is 0.289 e. The van der Waals surface area contributed by atoms with Gasteiger partial charge in [0.05, 0.1) is 5.54 Å². The van der Waals surface area contributed by atoms with Crippen molar-refractivity contribution in [3.63, 3.8) is 0 Å². The second kappa shape index (κ2) is 5.61. The van der Waals surface area contributed by atoms with Gasteiger partial charge in [0.25, 0.3) is 6.02 Å². The number of aryl methyl sites for hydroxylation is 1. The largest absolute Gasteiger partial charge is 0.462 e. The Hall–Kier alpha value is -1.22. The van der Waals surface area contributed by atoms with E-state index in [2.05, 4.69) is 50.1 Å². The molecule has 1 N–H and O–H groups in total. The summed E-state index contributed by atoms with van der Waals surface area (Å²) in [7, 11) is 0. The van der Waals surface area contributed by atoms with E-state index in [1.165, 1.54) is 5.56 Å². The lowest BCUT2D eigenvalue weighted by molar-refractivity contribution is 0.144. The summed E-state index contributed by atoms with van der Waals surface area (Å²) >= 11 is 0. The third-order valence-corrected chi connectivity index (χ3v) is 2.77. The van der Waals surface area contributed by atoms with E-state index in [1.807, 2.05) is 12.1 Å². The molecule has 1 aromatic rings. The van der Waals surface area contributed by atoms with E-state index in [1.54, 1.807) is 0 Å². The molecule has 1 aromatic carbocycles. The molecule has 2 rings (SSSR count). The number of hydrogen-bond acceptors (Lipinski definition) is 3. The quantitative estimate of drug-likeness (QED) is 0.841. The van der Waals surface area contributed by atoms with E-state index in [0.717, 1.165) is 12.1 Å². The average Bonchev–Trinajstić information content (AvgIpc) is 2.13. The topological polar surface area (TPSA) is 33.6 Å². The van der Waals surface area contributed by atoms with E-state index < -0.39 is 0 Å². The number of amidine groups is 1. The highest BCUT2D eigenvalue weighted by Gasteiger charge is 2.28. The van der Waals surface area contributed by atoms with E-state index in [9.17, 15) is 0 Å². The maximum atomic E-state index is 5.70. The molecular weight excluding hydrogens is 248 g/mol. The highest BCUT2D eigenvalue weighted by molar-refractivity contribution is 5.89. The number of benzene rings is 1. The molecule has 0 saturated carbocycles. The van der Waals surface area contributed by atoms with Crippen molar-refractivity contribution in [3.05, 3.63) is 29.8 Å². The van der Waals surface area contributed by atoms with Crippen LogP contribution in [0.2, 0.25) is 0 Å². The number of nitrogens with zero attached hydrogens (tertiary/aromatic N) is 1. The summed E-state index contributed by atoms with van der Waals surface area (Å²) in [6, 6.07) is 8.82. The molecule has 1 aliphatic heterocycles. The van der Waals surface area contributed by atoms with Crippen LogP contribution in [0.15, 0.2) is 29.3 Å². The fraction of sp³-hybridized carbons (Fsp3) is 0.500. The van der Waals surface area contributed by atoms with Crippen LogP contribution in [0, 0.1) is 6.92 Å². The summed E-state index contributed by atoms with van der Waals surface area (Å²) < 4.78 is 5.70. The molecular formula is C14H21ClN2O. The van der Waals surface area contributed by atoms with Crippen molar-refractivity contribution in [2.45, 2.75) is 45.8 Å². The minimum Gasteiger partial charge on any atom is -0.462 e. The number of ether oxygens (including phenoxy) is 1. The number of hydrogen-bond donors (Lipinski definition) is 1. The Morgan fingerprint density at radius 3 is 2.72 bits per heavy atom. The highest BCUT2D eigenvalue weighted by Crippen LogP contribution is 2.24. The number of nitrogens with one attached hydrogen (secondary N) is 1. The Balaban J connectivity index is 0.00000162. The van der Waals surface area contributed by atoms with E-state index in [-0.39, 0.29) is 24.0 Å². The smallest absolute Gasteiger partial charge is 0.289 e. The van der Waals surface area contributed by atoms with Crippen LogP contribution in [0.25, 0.3) is 0 Å². The van der Waals surface area contributed by atoms with Crippen LogP contribution in [0.4, 0.5) is 5.69 Å². The highest BCUT2D eigenvalue weighted by atomic mass is 35.5. The summed E-state index contributed by atoms with van der Waals surface area (Å²) in [6.07, 6.45) is 1.15. The van der Waals surface area contributed by atoms with Crippen molar-refractivity contribution >= 4 is 24.1 Å². The van der Waals surface area contributed by atoms with Gasteiger partial charge in [-0.25, -0.2) is 4.99 Å². The summed E-state index contributed by atoms with van der Waals surface area (Å²) in [5, 5.41) is 3.24. The van der Waals surface area contributed by atoms with Gasteiger partial charge >= 0.3 is 0 Å². The Bertz CT molecular complexity index is 443. The first-order chi connectivity index (χ1) is 7.94. The van der Waals surface area contributed by atoms with E-state index in [4.69, 9.17) is 4.74 Å². The number of halogens is 1. The summed E-state index contributed by atoms with van der Waals surface area (Å²) in [5.41, 5.74) is 2.19. The van der Waals surface area contributed by atoms with Crippen LogP contribution in [0.1, 0.15) is 32.8 Å². The Morgan fingerprint density at radius 1 is 1.39 bits per heavy atom. The van der Waals surface area contributed by atoms with E-state index >= 15 is 0 Å². The third kappa shape index (κ3) is 3.91. The molecule has 0 aliphatic carbocycles. The lowest BCUT2D eigenvalue weighted by Crippen LogP contribution is -2.36. The van der Waals surface area contributed by atoms with Gasteiger partial charge in [0.1, 0.15) is 6.10 Å². The zero-order valence-electron chi connectivity index (χ0n) is 11.4. The van der Waals surface area contributed by atoms with Crippen molar-refractivity contribution in [2.24, 2.45) is 4.99 Å². The van der Waals surface area contributed by atoms with Gasteiger partial charge in [-0.3, -0.25) is 0 Å². The Labute approximate surface area is 115 Å². The Kier molecular flexibility index (Phi) is 4.63. The maximum absolute atomic E-state index is 5.70. The van der Waals surface area contributed by atoms with Crippen LogP contribution in [-0.4, -0.2) is 17.7 Å². The average molecular weight is 269 g/mol. The van der Waals surface area contributed by atoms with Crippen LogP contribution in [0.3, 0.4) is 0 Å². The molecule has 0 spiro atoms. The molecule has 0 aromatic heterocycles. The minimum atomic E-state index is -0.0518. The van der Waals surface area contributed by atoms with Crippen molar-refractivity contribution in [1.29, 1.82) is 0 Å². The van der Waals surface area contributed by atoms with Crippen LogP contribution in [-0.2, 0) is 4.74 Å². The zero-order chi connectivity index (χ0) is 12.5. The van der Waals surface area contributed by atoms with Crippen LogP contribution in [0.5, 0.6) is 0 Å². The molecule has 1 unspecified atom stereocenters. The van der Waals surface area contributed by atoms with E-state index in [0.29, 0.717) is 6.02 Å². The van der Waals surface area contributed by atoms with Crippen LogP contribution >= 0.6 is 12.4 Å².